The molecule has 8 heteroatoms. The van der Waals surface area contributed by atoms with Crippen LogP contribution in [0, 0.1) is 0 Å². The van der Waals surface area contributed by atoms with Crippen LogP contribution < -0.4 is 10.6 Å². The standard InChI is InChI=1S/C26H30N2O6/c1-2-17(15-23(29)30)27-24(31)26(11-13-33-14-12-26)28-25(32)34-16-22-20-9-5-3-7-18(20)19-8-4-6-10-21(19)22/h3-10,17,22H,2,11-16H2,1H3,(H,27,31)(H,28,32)(H,29,30). The first-order chi connectivity index (χ1) is 16.4. The number of hydrogen-bond acceptors (Lipinski definition) is 5. The van der Waals surface area contributed by atoms with Crippen LogP contribution in [0.2, 0.25) is 0 Å². The molecule has 1 fully saturated rings. The Hall–Kier alpha value is -3.39. The second-order valence-corrected chi connectivity index (χ2v) is 8.82. The van der Waals surface area contributed by atoms with Gasteiger partial charge in [0.05, 0.1) is 6.42 Å². The van der Waals surface area contributed by atoms with Gasteiger partial charge in [-0.3, -0.25) is 9.59 Å². The van der Waals surface area contributed by atoms with E-state index in [0.29, 0.717) is 19.6 Å². The topological polar surface area (TPSA) is 114 Å². The third-order valence-electron chi connectivity index (χ3n) is 6.72. The molecule has 2 aliphatic rings. The second-order valence-electron chi connectivity index (χ2n) is 8.82. The molecule has 180 valence electrons. The number of carboxylic acid groups (broad SMARTS) is 1. The maximum atomic E-state index is 13.2. The molecule has 1 saturated heterocycles. The van der Waals surface area contributed by atoms with Crippen molar-refractivity contribution < 1.29 is 29.0 Å². The molecule has 1 atom stereocenters. The Bertz CT molecular complexity index is 1020. The summed E-state index contributed by atoms with van der Waals surface area (Å²) in [6, 6.07) is 15.6. The zero-order valence-corrected chi connectivity index (χ0v) is 19.2. The van der Waals surface area contributed by atoms with Gasteiger partial charge in [0.2, 0.25) is 5.91 Å². The van der Waals surface area contributed by atoms with Crippen LogP contribution in [0.15, 0.2) is 48.5 Å². The molecule has 0 aromatic heterocycles. The molecule has 4 rings (SSSR count). The van der Waals surface area contributed by atoms with E-state index in [4.69, 9.17) is 14.6 Å². The van der Waals surface area contributed by atoms with Crippen molar-refractivity contribution in [3.05, 3.63) is 59.7 Å². The SMILES string of the molecule is CCC(CC(=O)O)NC(=O)C1(NC(=O)OCC2c3ccccc3-c3ccccc32)CCOCC1. The Morgan fingerprint density at radius 2 is 1.65 bits per heavy atom. The van der Waals surface area contributed by atoms with Crippen molar-refractivity contribution in [1.82, 2.24) is 10.6 Å². The number of hydrogen-bond donors (Lipinski definition) is 3. The molecule has 0 bridgehead atoms. The van der Waals surface area contributed by atoms with Gasteiger partial charge in [0, 0.05) is 38.0 Å². The molecule has 2 aromatic carbocycles. The summed E-state index contributed by atoms with van der Waals surface area (Å²) in [6.07, 6.45) is 0.180. The highest BCUT2D eigenvalue weighted by Crippen LogP contribution is 2.44. The highest BCUT2D eigenvalue weighted by Gasteiger charge is 2.43. The predicted molar refractivity (Wildman–Crippen MR) is 125 cm³/mol. The predicted octanol–water partition coefficient (Wildman–Crippen LogP) is 3.44. The van der Waals surface area contributed by atoms with Gasteiger partial charge in [-0.2, -0.15) is 0 Å². The fourth-order valence-corrected chi connectivity index (χ4v) is 4.79. The number of benzene rings is 2. The normalized spacial score (nSPS) is 17.2. The number of aliphatic carboxylic acids is 1. The van der Waals surface area contributed by atoms with Crippen LogP contribution in [-0.4, -0.2) is 54.5 Å². The van der Waals surface area contributed by atoms with Crippen LogP contribution in [0.4, 0.5) is 4.79 Å². The summed E-state index contributed by atoms with van der Waals surface area (Å²) in [4.78, 5) is 37.2. The van der Waals surface area contributed by atoms with Crippen molar-refractivity contribution in [3.8, 4) is 11.1 Å². The van der Waals surface area contributed by atoms with Gasteiger partial charge in [0.1, 0.15) is 12.1 Å². The fourth-order valence-electron chi connectivity index (χ4n) is 4.79. The van der Waals surface area contributed by atoms with E-state index in [0.717, 1.165) is 22.3 Å². The van der Waals surface area contributed by atoms with E-state index in [1.807, 2.05) is 43.3 Å². The van der Waals surface area contributed by atoms with E-state index in [-0.39, 0.29) is 31.8 Å². The van der Waals surface area contributed by atoms with E-state index in [2.05, 4.69) is 22.8 Å². The van der Waals surface area contributed by atoms with Gasteiger partial charge < -0.3 is 25.2 Å². The number of ether oxygens (including phenoxy) is 2. The molecule has 8 nitrogen and oxygen atoms in total. The minimum Gasteiger partial charge on any atom is -0.481 e. The van der Waals surface area contributed by atoms with Crippen molar-refractivity contribution in [2.75, 3.05) is 19.8 Å². The molecule has 0 radical (unpaired) electrons. The Morgan fingerprint density at radius 1 is 1.06 bits per heavy atom. The Morgan fingerprint density at radius 3 is 2.21 bits per heavy atom. The number of rotatable bonds is 8. The third kappa shape index (κ3) is 4.92. The maximum Gasteiger partial charge on any atom is 0.408 e. The molecular formula is C26H30N2O6. The molecule has 2 aromatic rings. The molecular weight excluding hydrogens is 436 g/mol. The van der Waals surface area contributed by atoms with Crippen LogP contribution in [0.5, 0.6) is 0 Å². The van der Waals surface area contributed by atoms with Crippen LogP contribution in [0.3, 0.4) is 0 Å². The quantitative estimate of drug-likeness (QED) is 0.549. The average molecular weight is 467 g/mol. The Labute approximate surface area is 198 Å². The lowest BCUT2D eigenvalue weighted by atomic mass is 9.88. The van der Waals surface area contributed by atoms with Crippen molar-refractivity contribution in [2.45, 2.75) is 50.1 Å². The molecule has 0 saturated carbocycles. The number of carbonyl (C=O) groups is 3. The number of fused-ring (bicyclic) bond motifs is 3. The van der Waals surface area contributed by atoms with Gasteiger partial charge in [0.15, 0.2) is 0 Å². The van der Waals surface area contributed by atoms with E-state index >= 15 is 0 Å². The molecule has 1 heterocycles. The summed E-state index contributed by atoms with van der Waals surface area (Å²) >= 11 is 0. The molecule has 1 aliphatic heterocycles. The second kappa shape index (κ2) is 10.3. The summed E-state index contributed by atoms with van der Waals surface area (Å²) < 4.78 is 11.1. The van der Waals surface area contributed by atoms with Crippen molar-refractivity contribution in [1.29, 1.82) is 0 Å². The van der Waals surface area contributed by atoms with E-state index < -0.39 is 29.6 Å². The Balaban J connectivity index is 1.45. The van der Waals surface area contributed by atoms with Gasteiger partial charge in [-0.05, 0) is 28.7 Å². The summed E-state index contributed by atoms with van der Waals surface area (Å²) in [5, 5.41) is 14.7. The molecule has 1 unspecified atom stereocenters. The third-order valence-corrected chi connectivity index (χ3v) is 6.72. The zero-order valence-electron chi connectivity index (χ0n) is 19.2. The molecule has 3 N–H and O–H groups in total. The zero-order chi connectivity index (χ0) is 24.1. The largest absolute Gasteiger partial charge is 0.481 e. The Kier molecular flexibility index (Phi) is 7.17. The van der Waals surface area contributed by atoms with Gasteiger partial charge in [-0.1, -0.05) is 55.5 Å². The number of carboxylic acids is 1. The first-order valence-electron chi connectivity index (χ1n) is 11.7. The first-order valence-corrected chi connectivity index (χ1v) is 11.7. The van der Waals surface area contributed by atoms with Gasteiger partial charge in [0.25, 0.3) is 0 Å². The lowest BCUT2D eigenvalue weighted by Crippen LogP contribution is -2.62. The van der Waals surface area contributed by atoms with E-state index in [9.17, 15) is 14.4 Å². The van der Waals surface area contributed by atoms with Crippen molar-refractivity contribution in [2.24, 2.45) is 0 Å². The molecule has 2 amide bonds. The monoisotopic (exact) mass is 466 g/mol. The van der Waals surface area contributed by atoms with Gasteiger partial charge in [-0.25, -0.2) is 4.79 Å². The molecule has 34 heavy (non-hydrogen) atoms. The van der Waals surface area contributed by atoms with Crippen LogP contribution in [0.1, 0.15) is 49.7 Å². The summed E-state index contributed by atoms with van der Waals surface area (Å²) in [5.74, 6) is -1.48. The minimum absolute atomic E-state index is 0.0855. The van der Waals surface area contributed by atoms with Crippen molar-refractivity contribution >= 4 is 18.0 Å². The lowest BCUT2D eigenvalue weighted by Gasteiger charge is -2.37. The van der Waals surface area contributed by atoms with E-state index in [1.54, 1.807) is 0 Å². The maximum absolute atomic E-state index is 13.2. The van der Waals surface area contributed by atoms with Gasteiger partial charge >= 0.3 is 12.1 Å². The van der Waals surface area contributed by atoms with Crippen LogP contribution in [-0.2, 0) is 19.1 Å². The van der Waals surface area contributed by atoms with Gasteiger partial charge in [-0.15, -0.1) is 0 Å². The van der Waals surface area contributed by atoms with Crippen molar-refractivity contribution in [3.63, 3.8) is 0 Å². The highest BCUT2D eigenvalue weighted by atomic mass is 16.5. The smallest absolute Gasteiger partial charge is 0.408 e. The number of nitrogens with one attached hydrogen (secondary N) is 2. The minimum atomic E-state index is -1.20. The number of alkyl carbamates (subject to hydrolysis) is 1. The average Bonchev–Trinajstić information content (AvgIpc) is 3.16. The highest BCUT2D eigenvalue weighted by molar-refractivity contribution is 5.90. The summed E-state index contributed by atoms with van der Waals surface area (Å²) in [5.41, 5.74) is 3.28. The summed E-state index contributed by atoms with van der Waals surface area (Å²) in [6.45, 7) is 2.58. The molecule has 1 aliphatic carbocycles. The number of amides is 2. The number of carbonyl (C=O) groups excluding carboxylic acids is 2. The lowest BCUT2D eigenvalue weighted by molar-refractivity contribution is -0.138. The van der Waals surface area contributed by atoms with E-state index in [1.165, 1.54) is 0 Å². The fraction of sp³-hybridized carbons (Fsp3) is 0.423. The van der Waals surface area contributed by atoms with Crippen LogP contribution >= 0.6 is 0 Å². The molecule has 0 spiro atoms. The van der Waals surface area contributed by atoms with Crippen LogP contribution in [0.25, 0.3) is 11.1 Å². The first kappa shape index (κ1) is 23.8. The summed E-state index contributed by atoms with van der Waals surface area (Å²) in [7, 11) is 0.